The average molecular weight is 288 g/mol. The Morgan fingerprint density at radius 3 is 2.57 bits per heavy atom. The zero-order valence-corrected chi connectivity index (χ0v) is 13.2. The molecule has 4 nitrogen and oxygen atoms in total. The maximum atomic E-state index is 12.8. The molecule has 1 aliphatic heterocycles. The van der Waals surface area contributed by atoms with E-state index in [0.717, 1.165) is 17.7 Å². The van der Waals surface area contributed by atoms with Gasteiger partial charge in [-0.05, 0) is 37.0 Å². The molecule has 1 N–H and O–H groups in total. The van der Waals surface area contributed by atoms with Crippen LogP contribution in [0.25, 0.3) is 0 Å². The van der Waals surface area contributed by atoms with Gasteiger partial charge >= 0.3 is 0 Å². The third-order valence-corrected chi connectivity index (χ3v) is 3.89. The molecular formula is C17H24N2O2. The molecule has 2 amide bonds. The van der Waals surface area contributed by atoms with Gasteiger partial charge in [0.15, 0.2) is 0 Å². The fourth-order valence-electron chi connectivity index (χ4n) is 2.89. The van der Waals surface area contributed by atoms with Crippen LogP contribution in [0.1, 0.15) is 39.2 Å². The van der Waals surface area contributed by atoms with Crippen LogP contribution in [0.2, 0.25) is 0 Å². The lowest BCUT2D eigenvalue weighted by molar-refractivity contribution is -0.135. The summed E-state index contributed by atoms with van der Waals surface area (Å²) in [6.45, 7) is 7.96. The second-order valence-corrected chi connectivity index (χ2v) is 6.09. The second kappa shape index (κ2) is 6.29. The molecular weight excluding hydrogens is 264 g/mol. The van der Waals surface area contributed by atoms with Gasteiger partial charge in [0.2, 0.25) is 11.8 Å². The van der Waals surface area contributed by atoms with Gasteiger partial charge in [-0.15, -0.1) is 0 Å². The molecule has 114 valence electrons. The van der Waals surface area contributed by atoms with Gasteiger partial charge in [0.05, 0.1) is 0 Å². The molecule has 1 aliphatic rings. The number of benzene rings is 1. The van der Waals surface area contributed by atoms with Gasteiger partial charge in [-0.2, -0.15) is 0 Å². The van der Waals surface area contributed by atoms with E-state index in [4.69, 9.17) is 0 Å². The molecule has 1 fully saturated rings. The molecule has 4 heteroatoms. The van der Waals surface area contributed by atoms with Crippen molar-refractivity contribution >= 4 is 17.5 Å². The molecule has 1 aromatic carbocycles. The van der Waals surface area contributed by atoms with Gasteiger partial charge in [0.1, 0.15) is 12.1 Å². The van der Waals surface area contributed by atoms with Crippen LogP contribution in [0.15, 0.2) is 24.3 Å². The summed E-state index contributed by atoms with van der Waals surface area (Å²) < 4.78 is 0. The Morgan fingerprint density at radius 2 is 2.00 bits per heavy atom. The molecule has 2 unspecified atom stereocenters. The fourth-order valence-corrected chi connectivity index (χ4v) is 2.89. The number of hydrogen-bond acceptors (Lipinski definition) is 2. The summed E-state index contributed by atoms with van der Waals surface area (Å²) >= 11 is 0. The Morgan fingerprint density at radius 1 is 1.29 bits per heavy atom. The van der Waals surface area contributed by atoms with Crippen molar-refractivity contribution in [2.24, 2.45) is 5.92 Å². The molecule has 21 heavy (non-hydrogen) atoms. The Hall–Kier alpha value is -1.84. The van der Waals surface area contributed by atoms with E-state index in [1.807, 2.05) is 52.0 Å². The topological polar surface area (TPSA) is 49.4 Å². The predicted molar refractivity (Wildman–Crippen MR) is 84.1 cm³/mol. The minimum atomic E-state index is -0.438. The molecule has 2 atom stereocenters. The number of amides is 2. The zero-order chi connectivity index (χ0) is 15.6. The Kier molecular flexibility index (Phi) is 4.66. The minimum absolute atomic E-state index is 0.000694. The van der Waals surface area contributed by atoms with Gasteiger partial charge in [0, 0.05) is 5.69 Å². The number of anilines is 1. The summed E-state index contributed by atoms with van der Waals surface area (Å²) in [6.07, 6.45) is 1.54. The summed E-state index contributed by atoms with van der Waals surface area (Å²) in [4.78, 5) is 26.9. The van der Waals surface area contributed by atoms with Crippen molar-refractivity contribution in [3.05, 3.63) is 29.8 Å². The molecule has 1 heterocycles. The second-order valence-electron chi connectivity index (χ2n) is 6.09. The third kappa shape index (κ3) is 3.09. The number of rotatable bonds is 4. The first-order valence-electron chi connectivity index (χ1n) is 7.65. The number of carbonyl (C=O) groups is 2. The SMILES string of the molecule is CCCC1NC(=O)C(C(C)C)N(c2cccc(C)c2)C1=O. The van der Waals surface area contributed by atoms with Crippen LogP contribution in [0.4, 0.5) is 5.69 Å². The highest BCUT2D eigenvalue weighted by molar-refractivity contribution is 6.08. The molecule has 0 aromatic heterocycles. The minimum Gasteiger partial charge on any atom is -0.342 e. The highest BCUT2D eigenvalue weighted by Crippen LogP contribution is 2.27. The van der Waals surface area contributed by atoms with E-state index >= 15 is 0 Å². The van der Waals surface area contributed by atoms with Crippen LogP contribution in [-0.2, 0) is 9.59 Å². The van der Waals surface area contributed by atoms with Crippen LogP contribution >= 0.6 is 0 Å². The summed E-state index contributed by atoms with van der Waals surface area (Å²) in [7, 11) is 0. The van der Waals surface area contributed by atoms with Crippen molar-refractivity contribution in [3.8, 4) is 0 Å². The summed E-state index contributed by atoms with van der Waals surface area (Å²) in [5.74, 6) is 0.0161. The smallest absolute Gasteiger partial charge is 0.250 e. The molecule has 2 rings (SSSR count). The van der Waals surface area contributed by atoms with Crippen LogP contribution in [0.5, 0.6) is 0 Å². The molecule has 0 spiro atoms. The lowest BCUT2D eigenvalue weighted by Crippen LogP contribution is -2.65. The van der Waals surface area contributed by atoms with Crippen molar-refractivity contribution in [2.75, 3.05) is 4.90 Å². The zero-order valence-electron chi connectivity index (χ0n) is 13.2. The van der Waals surface area contributed by atoms with Crippen molar-refractivity contribution in [1.82, 2.24) is 5.32 Å². The van der Waals surface area contributed by atoms with Gasteiger partial charge in [-0.25, -0.2) is 0 Å². The highest BCUT2D eigenvalue weighted by atomic mass is 16.2. The maximum absolute atomic E-state index is 12.8. The van der Waals surface area contributed by atoms with E-state index in [2.05, 4.69) is 5.32 Å². The van der Waals surface area contributed by atoms with Crippen molar-refractivity contribution in [3.63, 3.8) is 0 Å². The molecule has 0 aliphatic carbocycles. The summed E-state index contributed by atoms with van der Waals surface area (Å²) in [6, 6.07) is 6.95. The summed E-state index contributed by atoms with van der Waals surface area (Å²) in [5, 5.41) is 2.88. The van der Waals surface area contributed by atoms with E-state index in [9.17, 15) is 9.59 Å². The molecule has 1 saturated heterocycles. The maximum Gasteiger partial charge on any atom is 0.250 e. The molecule has 0 radical (unpaired) electrons. The van der Waals surface area contributed by atoms with E-state index in [-0.39, 0.29) is 17.7 Å². The van der Waals surface area contributed by atoms with Crippen molar-refractivity contribution in [2.45, 2.75) is 52.6 Å². The normalized spacial score (nSPS) is 22.6. The van der Waals surface area contributed by atoms with E-state index in [1.165, 1.54) is 0 Å². The predicted octanol–water partition coefficient (Wildman–Crippen LogP) is 2.65. The van der Waals surface area contributed by atoms with E-state index in [1.54, 1.807) is 4.90 Å². The van der Waals surface area contributed by atoms with Crippen LogP contribution in [-0.4, -0.2) is 23.9 Å². The molecule has 0 saturated carbocycles. The Labute approximate surface area is 126 Å². The number of nitrogens with one attached hydrogen (secondary N) is 1. The Balaban J connectivity index is 2.43. The van der Waals surface area contributed by atoms with E-state index in [0.29, 0.717) is 6.42 Å². The first-order chi connectivity index (χ1) is 9.95. The number of carbonyl (C=O) groups excluding carboxylic acids is 2. The van der Waals surface area contributed by atoms with Crippen LogP contribution < -0.4 is 10.2 Å². The lowest BCUT2D eigenvalue weighted by Gasteiger charge is -2.41. The van der Waals surface area contributed by atoms with Gasteiger partial charge < -0.3 is 5.32 Å². The van der Waals surface area contributed by atoms with Crippen molar-refractivity contribution < 1.29 is 9.59 Å². The van der Waals surface area contributed by atoms with Crippen LogP contribution in [0, 0.1) is 12.8 Å². The van der Waals surface area contributed by atoms with Gasteiger partial charge in [0.25, 0.3) is 0 Å². The standard InChI is InChI=1S/C17H24N2O2/c1-5-7-14-17(21)19(13-9-6-8-12(4)10-13)15(11(2)3)16(20)18-14/h6,8-11,14-15H,5,7H2,1-4H3,(H,18,20). The van der Waals surface area contributed by atoms with Gasteiger partial charge in [-0.1, -0.05) is 39.3 Å². The number of nitrogens with zero attached hydrogens (tertiary/aromatic N) is 1. The van der Waals surface area contributed by atoms with Gasteiger partial charge in [-0.3, -0.25) is 14.5 Å². The first-order valence-corrected chi connectivity index (χ1v) is 7.65. The van der Waals surface area contributed by atoms with Crippen molar-refractivity contribution in [1.29, 1.82) is 0 Å². The quantitative estimate of drug-likeness (QED) is 0.926. The molecule has 1 aromatic rings. The number of aryl methyl sites for hydroxylation is 1. The third-order valence-electron chi connectivity index (χ3n) is 3.89. The highest BCUT2D eigenvalue weighted by Gasteiger charge is 2.42. The Bertz CT molecular complexity index is 539. The first kappa shape index (κ1) is 15.5. The lowest BCUT2D eigenvalue weighted by atomic mass is 9.94. The van der Waals surface area contributed by atoms with E-state index < -0.39 is 12.1 Å². The number of piperazine rings is 1. The summed E-state index contributed by atoms with van der Waals surface area (Å²) in [5.41, 5.74) is 1.90. The monoisotopic (exact) mass is 288 g/mol. The molecule has 0 bridgehead atoms. The fraction of sp³-hybridized carbons (Fsp3) is 0.529. The van der Waals surface area contributed by atoms with Crippen LogP contribution in [0.3, 0.4) is 0 Å². The largest absolute Gasteiger partial charge is 0.342 e. The average Bonchev–Trinajstić information content (AvgIpc) is 2.41. The number of hydrogen-bond donors (Lipinski definition) is 1.